The fourth-order valence-corrected chi connectivity index (χ4v) is 1.14. The molecule has 0 amide bonds. The average Bonchev–Trinajstić information content (AvgIpc) is 2.47. The standard InChI is InChI=1S/C9H8NO/c1-11-9-6-10-8-5-3-2-4-7(8)9/h2-5,10H,1H3. The van der Waals surface area contributed by atoms with Crippen LogP contribution in [0.15, 0.2) is 24.3 Å². The lowest BCUT2D eigenvalue weighted by atomic mass is 10.2. The van der Waals surface area contributed by atoms with E-state index in [1.54, 1.807) is 7.11 Å². The third kappa shape index (κ3) is 0.871. The average molecular weight is 146 g/mol. The summed E-state index contributed by atoms with van der Waals surface area (Å²) in [5, 5.41) is 1.08. The zero-order chi connectivity index (χ0) is 7.68. The summed E-state index contributed by atoms with van der Waals surface area (Å²) in [6, 6.07) is 7.95. The van der Waals surface area contributed by atoms with Gasteiger partial charge in [-0.05, 0) is 12.1 Å². The molecule has 0 aliphatic carbocycles. The molecule has 2 aromatic rings. The maximum atomic E-state index is 5.08. The lowest BCUT2D eigenvalue weighted by Gasteiger charge is -1.93. The zero-order valence-electron chi connectivity index (χ0n) is 6.22. The molecule has 2 rings (SSSR count). The van der Waals surface area contributed by atoms with Gasteiger partial charge in [-0.25, -0.2) is 0 Å². The van der Waals surface area contributed by atoms with Crippen LogP contribution in [0.4, 0.5) is 0 Å². The monoisotopic (exact) mass is 146 g/mol. The molecule has 1 aromatic carbocycles. The maximum absolute atomic E-state index is 5.08. The number of aromatic nitrogens is 1. The van der Waals surface area contributed by atoms with Gasteiger partial charge < -0.3 is 9.72 Å². The number of fused-ring (bicyclic) bond motifs is 1. The Hall–Kier alpha value is -1.44. The van der Waals surface area contributed by atoms with Crippen molar-refractivity contribution in [2.75, 3.05) is 7.11 Å². The fourth-order valence-electron chi connectivity index (χ4n) is 1.14. The first-order valence-electron chi connectivity index (χ1n) is 3.44. The summed E-state index contributed by atoms with van der Waals surface area (Å²) in [6.07, 6.45) is 2.92. The second-order valence-corrected chi connectivity index (χ2v) is 2.33. The van der Waals surface area contributed by atoms with Crippen LogP contribution in [-0.4, -0.2) is 12.1 Å². The van der Waals surface area contributed by atoms with Crippen molar-refractivity contribution in [1.29, 1.82) is 0 Å². The van der Waals surface area contributed by atoms with Crippen molar-refractivity contribution in [2.45, 2.75) is 0 Å². The molecule has 0 bridgehead atoms. The Morgan fingerprint density at radius 2 is 2.18 bits per heavy atom. The number of methoxy groups -OCH3 is 1. The van der Waals surface area contributed by atoms with Gasteiger partial charge in [0, 0.05) is 10.9 Å². The number of rotatable bonds is 1. The van der Waals surface area contributed by atoms with Gasteiger partial charge in [0.15, 0.2) is 5.75 Å². The van der Waals surface area contributed by atoms with E-state index in [4.69, 9.17) is 4.74 Å². The van der Waals surface area contributed by atoms with Crippen LogP contribution in [0.3, 0.4) is 0 Å². The summed E-state index contributed by atoms with van der Waals surface area (Å²) in [5.74, 6) is 0.778. The van der Waals surface area contributed by atoms with Crippen LogP contribution in [0.1, 0.15) is 0 Å². The minimum absolute atomic E-state index is 0.778. The molecule has 0 saturated heterocycles. The Morgan fingerprint density at radius 1 is 1.36 bits per heavy atom. The third-order valence-electron chi connectivity index (χ3n) is 1.69. The molecule has 0 aliphatic heterocycles. The van der Waals surface area contributed by atoms with Crippen molar-refractivity contribution in [3.63, 3.8) is 0 Å². The largest absolute Gasteiger partial charge is 0.494 e. The molecule has 0 fully saturated rings. The Kier molecular flexibility index (Phi) is 1.32. The SMILES string of the molecule is COc1[c][nH]c2ccccc12. The lowest BCUT2D eigenvalue weighted by molar-refractivity contribution is 0.419. The van der Waals surface area contributed by atoms with Crippen LogP contribution in [-0.2, 0) is 0 Å². The lowest BCUT2D eigenvalue weighted by Crippen LogP contribution is -1.78. The number of benzene rings is 1. The molecular weight excluding hydrogens is 138 g/mol. The van der Waals surface area contributed by atoms with E-state index in [0.29, 0.717) is 0 Å². The van der Waals surface area contributed by atoms with Gasteiger partial charge in [0.25, 0.3) is 0 Å². The quantitative estimate of drug-likeness (QED) is 0.653. The summed E-state index contributed by atoms with van der Waals surface area (Å²) in [5.41, 5.74) is 1.06. The number of H-pyrrole nitrogens is 1. The molecule has 1 N–H and O–H groups in total. The molecule has 1 radical (unpaired) electrons. The van der Waals surface area contributed by atoms with E-state index in [1.807, 2.05) is 24.3 Å². The van der Waals surface area contributed by atoms with Gasteiger partial charge in [0.05, 0.1) is 7.11 Å². The highest BCUT2D eigenvalue weighted by Crippen LogP contribution is 2.23. The fraction of sp³-hybridized carbons (Fsp3) is 0.111. The minimum Gasteiger partial charge on any atom is -0.494 e. The maximum Gasteiger partial charge on any atom is 0.153 e. The normalized spacial score (nSPS) is 10.3. The molecule has 0 unspecified atom stereocenters. The summed E-state index contributed by atoms with van der Waals surface area (Å²) in [6.45, 7) is 0. The second kappa shape index (κ2) is 2.31. The highest BCUT2D eigenvalue weighted by atomic mass is 16.5. The molecule has 1 heterocycles. The third-order valence-corrected chi connectivity index (χ3v) is 1.69. The number of para-hydroxylation sites is 1. The predicted molar refractivity (Wildman–Crippen MR) is 43.7 cm³/mol. The highest BCUT2D eigenvalue weighted by Gasteiger charge is 2.00. The smallest absolute Gasteiger partial charge is 0.153 e. The van der Waals surface area contributed by atoms with Gasteiger partial charge in [-0.15, -0.1) is 0 Å². The summed E-state index contributed by atoms with van der Waals surface area (Å²) in [4.78, 5) is 2.99. The molecule has 0 spiro atoms. The van der Waals surface area contributed by atoms with E-state index in [0.717, 1.165) is 16.7 Å². The van der Waals surface area contributed by atoms with E-state index >= 15 is 0 Å². The van der Waals surface area contributed by atoms with Gasteiger partial charge in [-0.2, -0.15) is 0 Å². The number of aromatic amines is 1. The van der Waals surface area contributed by atoms with Crippen molar-refractivity contribution in [1.82, 2.24) is 4.98 Å². The number of nitrogens with one attached hydrogen (secondary N) is 1. The molecule has 0 saturated carbocycles. The summed E-state index contributed by atoms with van der Waals surface area (Å²) < 4.78 is 5.08. The van der Waals surface area contributed by atoms with Crippen LogP contribution in [0.2, 0.25) is 0 Å². The van der Waals surface area contributed by atoms with Crippen molar-refractivity contribution in [3.05, 3.63) is 30.5 Å². The second-order valence-electron chi connectivity index (χ2n) is 2.33. The zero-order valence-corrected chi connectivity index (χ0v) is 6.22. The van der Waals surface area contributed by atoms with E-state index in [2.05, 4.69) is 11.2 Å². The van der Waals surface area contributed by atoms with Gasteiger partial charge in [-0.1, -0.05) is 12.1 Å². The Bertz CT molecular complexity index is 364. The van der Waals surface area contributed by atoms with Crippen LogP contribution in [0.25, 0.3) is 10.9 Å². The topological polar surface area (TPSA) is 25.0 Å². The number of ether oxygens (including phenoxy) is 1. The first kappa shape index (κ1) is 6.28. The Morgan fingerprint density at radius 3 is 3.00 bits per heavy atom. The van der Waals surface area contributed by atoms with Gasteiger partial charge in [0.1, 0.15) is 6.20 Å². The number of hydrogen-bond acceptors (Lipinski definition) is 1. The van der Waals surface area contributed by atoms with Crippen LogP contribution in [0, 0.1) is 6.20 Å². The van der Waals surface area contributed by atoms with Crippen LogP contribution < -0.4 is 4.74 Å². The Labute approximate surface area is 64.8 Å². The van der Waals surface area contributed by atoms with E-state index in [9.17, 15) is 0 Å². The number of hydrogen-bond donors (Lipinski definition) is 1. The Balaban J connectivity index is 2.76. The molecule has 0 atom stereocenters. The summed E-state index contributed by atoms with van der Waals surface area (Å²) in [7, 11) is 1.64. The van der Waals surface area contributed by atoms with Gasteiger partial charge in [-0.3, -0.25) is 0 Å². The van der Waals surface area contributed by atoms with E-state index in [-0.39, 0.29) is 0 Å². The molecule has 11 heavy (non-hydrogen) atoms. The van der Waals surface area contributed by atoms with Crippen molar-refractivity contribution >= 4 is 10.9 Å². The molecule has 2 heteroatoms. The van der Waals surface area contributed by atoms with Gasteiger partial charge >= 0.3 is 0 Å². The van der Waals surface area contributed by atoms with E-state index in [1.165, 1.54) is 0 Å². The molecular formula is C9H8NO. The van der Waals surface area contributed by atoms with Crippen LogP contribution >= 0.6 is 0 Å². The van der Waals surface area contributed by atoms with Crippen molar-refractivity contribution in [3.8, 4) is 5.75 Å². The molecule has 2 nitrogen and oxygen atoms in total. The van der Waals surface area contributed by atoms with E-state index < -0.39 is 0 Å². The molecule has 0 aliphatic rings. The molecule has 1 aromatic heterocycles. The van der Waals surface area contributed by atoms with Crippen molar-refractivity contribution < 1.29 is 4.74 Å². The molecule has 55 valence electrons. The highest BCUT2D eigenvalue weighted by molar-refractivity contribution is 5.85. The first-order valence-corrected chi connectivity index (χ1v) is 3.44. The predicted octanol–water partition coefficient (Wildman–Crippen LogP) is 1.98. The van der Waals surface area contributed by atoms with Crippen molar-refractivity contribution in [2.24, 2.45) is 0 Å². The minimum atomic E-state index is 0.778. The first-order chi connectivity index (χ1) is 5.42. The van der Waals surface area contributed by atoms with Crippen LogP contribution in [0.5, 0.6) is 5.75 Å². The summed E-state index contributed by atoms with van der Waals surface area (Å²) >= 11 is 0. The van der Waals surface area contributed by atoms with Gasteiger partial charge in [0.2, 0.25) is 0 Å².